The normalized spacial score (nSPS) is 16.3. The summed E-state index contributed by atoms with van der Waals surface area (Å²) in [4.78, 5) is 17.2. The summed E-state index contributed by atoms with van der Waals surface area (Å²) in [5.41, 5.74) is 1.20. The molecule has 0 amide bonds. The minimum Gasteiger partial charge on any atom is -0.467 e. The molecule has 0 saturated carbocycles. The van der Waals surface area contributed by atoms with Gasteiger partial charge in [-0.1, -0.05) is 32.0 Å². The number of nitrogens with one attached hydrogen (secondary N) is 1. The monoisotopic (exact) mass is 376 g/mol. The molecule has 1 atom stereocenters. The molecule has 0 bridgehead atoms. The molecule has 3 rings (SSSR count). The van der Waals surface area contributed by atoms with E-state index in [9.17, 15) is 4.79 Å². The molecular formula is C18H24N4O3S. The predicted molar refractivity (Wildman–Crippen MR) is 100 cm³/mol. The zero-order valence-corrected chi connectivity index (χ0v) is 16.1. The highest BCUT2D eigenvalue weighted by atomic mass is 32.2. The molecule has 2 aromatic heterocycles. The fourth-order valence-corrected chi connectivity index (χ4v) is 3.66. The lowest BCUT2D eigenvalue weighted by atomic mass is 10.0. The van der Waals surface area contributed by atoms with Crippen LogP contribution in [0.25, 0.3) is 0 Å². The van der Waals surface area contributed by atoms with Crippen molar-refractivity contribution in [2.45, 2.75) is 51.2 Å². The van der Waals surface area contributed by atoms with Crippen LogP contribution < -0.4 is 5.32 Å². The van der Waals surface area contributed by atoms with E-state index in [4.69, 9.17) is 9.15 Å². The Morgan fingerprint density at radius 2 is 2.27 bits per heavy atom. The number of carbonyl (C=O) groups excluding carboxylic acids is 1. The molecule has 8 heteroatoms. The second-order valence-corrected chi connectivity index (χ2v) is 7.14. The van der Waals surface area contributed by atoms with Crippen molar-refractivity contribution in [1.29, 1.82) is 0 Å². The molecule has 0 aliphatic carbocycles. The van der Waals surface area contributed by atoms with Crippen molar-refractivity contribution < 1.29 is 13.9 Å². The molecule has 7 nitrogen and oxygen atoms in total. The standard InChI is InChI=1S/C18H24N4O3S/c1-4-6-11-26-18-20-17-19-12(3)14(16(23)25-9-5-2)15(22(17)21-18)13-8-7-10-24-13/h7-8,10,15H,4-6,9,11H2,1-3H3,(H,19,20,21). The third kappa shape index (κ3) is 3.80. The van der Waals surface area contributed by atoms with Crippen molar-refractivity contribution in [2.75, 3.05) is 17.7 Å². The molecule has 0 radical (unpaired) electrons. The molecular weight excluding hydrogens is 352 g/mol. The van der Waals surface area contributed by atoms with E-state index in [1.165, 1.54) is 0 Å². The number of unbranched alkanes of at least 4 members (excludes halogenated alkanes) is 1. The lowest BCUT2D eigenvalue weighted by Gasteiger charge is -2.26. The Hall–Kier alpha value is -2.22. The van der Waals surface area contributed by atoms with Crippen LogP contribution in [-0.2, 0) is 9.53 Å². The quantitative estimate of drug-likeness (QED) is 0.423. The van der Waals surface area contributed by atoms with Gasteiger partial charge in [-0.3, -0.25) is 0 Å². The van der Waals surface area contributed by atoms with Crippen molar-refractivity contribution >= 4 is 23.7 Å². The van der Waals surface area contributed by atoms with Gasteiger partial charge in [-0.2, -0.15) is 4.98 Å². The van der Waals surface area contributed by atoms with E-state index in [-0.39, 0.29) is 5.97 Å². The molecule has 1 aliphatic rings. The number of ether oxygens (including phenoxy) is 1. The maximum Gasteiger partial charge on any atom is 0.338 e. The summed E-state index contributed by atoms with van der Waals surface area (Å²) in [6.45, 7) is 6.35. The summed E-state index contributed by atoms with van der Waals surface area (Å²) >= 11 is 1.61. The number of allylic oxidation sites excluding steroid dienone is 1. The van der Waals surface area contributed by atoms with Crippen molar-refractivity contribution in [3.63, 3.8) is 0 Å². The zero-order valence-electron chi connectivity index (χ0n) is 15.3. The lowest BCUT2D eigenvalue weighted by Crippen LogP contribution is -2.29. The van der Waals surface area contributed by atoms with Gasteiger partial charge in [-0.25, -0.2) is 9.48 Å². The number of hydrogen-bond acceptors (Lipinski definition) is 7. The second-order valence-electron chi connectivity index (χ2n) is 6.08. The van der Waals surface area contributed by atoms with E-state index in [1.807, 2.05) is 19.9 Å². The Bertz CT molecular complexity index is 782. The van der Waals surface area contributed by atoms with Gasteiger partial charge in [0.05, 0.1) is 18.4 Å². The van der Waals surface area contributed by atoms with Crippen LogP contribution in [0.4, 0.5) is 5.95 Å². The summed E-state index contributed by atoms with van der Waals surface area (Å²) in [7, 11) is 0. The van der Waals surface area contributed by atoms with Crippen LogP contribution in [0, 0.1) is 0 Å². The van der Waals surface area contributed by atoms with Gasteiger partial charge in [-0.15, -0.1) is 5.10 Å². The molecule has 1 aliphatic heterocycles. The molecule has 1 N–H and O–H groups in total. The van der Waals surface area contributed by atoms with E-state index < -0.39 is 6.04 Å². The van der Waals surface area contributed by atoms with Gasteiger partial charge in [-0.05, 0) is 31.9 Å². The van der Waals surface area contributed by atoms with E-state index in [2.05, 4.69) is 22.3 Å². The highest BCUT2D eigenvalue weighted by Crippen LogP contribution is 2.36. The average molecular weight is 376 g/mol. The number of hydrogen-bond donors (Lipinski definition) is 1. The van der Waals surface area contributed by atoms with Gasteiger partial charge in [0.15, 0.2) is 0 Å². The SMILES string of the molecule is CCCCSc1nc2n(n1)C(c1ccco1)C(C(=O)OCCC)=C(C)N2. The molecule has 0 saturated heterocycles. The number of esters is 1. The maximum absolute atomic E-state index is 12.7. The summed E-state index contributed by atoms with van der Waals surface area (Å²) in [6, 6.07) is 3.15. The number of anilines is 1. The highest BCUT2D eigenvalue weighted by molar-refractivity contribution is 7.99. The Kier molecular flexibility index (Phi) is 6.03. The lowest BCUT2D eigenvalue weighted by molar-refractivity contribution is -0.139. The van der Waals surface area contributed by atoms with Crippen LogP contribution in [0.5, 0.6) is 0 Å². The van der Waals surface area contributed by atoms with Gasteiger partial charge in [0.25, 0.3) is 0 Å². The first-order valence-electron chi connectivity index (χ1n) is 8.93. The van der Waals surface area contributed by atoms with E-state index in [1.54, 1.807) is 28.8 Å². The first kappa shape index (κ1) is 18.6. The minimum absolute atomic E-state index is 0.361. The predicted octanol–water partition coefficient (Wildman–Crippen LogP) is 4.01. The van der Waals surface area contributed by atoms with Gasteiger partial charge in [0.1, 0.15) is 11.8 Å². The van der Waals surface area contributed by atoms with Crippen molar-refractivity contribution in [1.82, 2.24) is 14.8 Å². The molecule has 3 heterocycles. The number of fused-ring (bicyclic) bond motifs is 1. The summed E-state index contributed by atoms with van der Waals surface area (Å²) in [5, 5.41) is 8.48. The van der Waals surface area contributed by atoms with Gasteiger partial charge in [0.2, 0.25) is 11.1 Å². The number of rotatable bonds is 8. The molecule has 2 aromatic rings. The zero-order chi connectivity index (χ0) is 18.5. The van der Waals surface area contributed by atoms with E-state index in [0.29, 0.717) is 34.7 Å². The van der Waals surface area contributed by atoms with Crippen LogP contribution >= 0.6 is 11.8 Å². The smallest absolute Gasteiger partial charge is 0.338 e. The molecule has 0 fully saturated rings. The third-order valence-corrected chi connectivity index (χ3v) is 4.96. The van der Waals surface area contributed by atoms with Gasteiger partial charge >= 0.3 is 5.97 Å². The Balaban J connectivity index is 1.95. The maximum atomic E-state index is 12.7. The summed E-state index contributed by atoms with van der Waals surface area (Å²) in [6.07, 6.45) is 4.59. The van der Waals surface area contributed by atoms with Crippen LogP contribution in [-0.4, -0.2) is 33.1 Å². The molecule has 26 heavy (non-hydrogen) atoms. The number of carbonyl (C=O) groups is 1. The van der Waals surface area contributed by atoms with Crippen LogP contribution in [0.2, 0.25) is 0 Å². The van der Waals surface area contributed by atoms with Crippen LogP contribution in [0.3, 0.4) is 0 Å². The number of furan rings is 1. The summed E-state index contributed by atoms with van der Waals surface area (Å²) < 4.78 is 12.7. The Morgan fingerprint density at radius 1 is 1.42 bits per heavy atom. The summed E-state index contributed by atoms with van der Waals surface area (Å²) in [5.74, 6) is 1.84. The molecule has 0 spiro atoms. The average Bonchev–Trinajstić information content (AvgIpc) is 3.28. The first-order chi connectivity index (χ1) is 12.7. The van der Waals surface area contributed by atoms with Gasteiger partial charge < -0.3 is 14.5 Å². The fourth-order valence-electron chi connectivity index (χ4n) is 2.75. The third-order valence-electron chi connectivity index (χ3n) is 4.03. The van der Waals surface area contributed by atoms with Crippen LogP contribution in [0.1, 0.15) is 51.8 Å². The van der Waals surface area contributed by atoms with Crippen molar-refractivity contribution in [2.24, 2.45) is 0 Å². The largest absolute Gasteiger partial charge is 0.467 e. The van der Waals surface area contributed by atoms with Crippen LogP contribution in [0.15, 0.2) is 39.2 Å². The fraction of sp³-hybridized carbons (Fsp3) is 0.500. The number of thioether (sulfide) groups is 1. The molecule has 0 aromatic carbocycles. The minimum atomic E-state index is -0.487. The van der Waals surface area contributed by atoms with E-state index in [0.717, 1.165) is 25.0 Å². The highest BCUT2D eigenvalue weighted by Gasteiger charge is 2.36. The topological polar surface area (TPSA) is 82.2 Å². The Labute approximate surface area is 157 Å². The molecule has 140 valence electrons. The first-order valence-corrected chi connectivity index (χ1v) is 9.91. The number of nitrogens with zero attached hydrogens (tertiary/aromatic N) is 3. The number of aromatic nitrogens is 3. The van der Waals surface area contributed by atoms with Crippen molar-refractivity contribution in [3.05, 3.63) is 35.4 Å². The van der Waals surface area contributed by atoms with E-state index >= 15 is 0 Å². The molecule has 1 unspecified atom stereocenters. The Morgan fingerprint density at radius 3 is 2.96 bits per heavy atom. The van der Waals surface area contributed by atoms with Gasteiger partial charge in [0, 0.05) is 11.4 Å². The van der Waals surface area contributed by atoms with Crippen molar-refractivity contribution in [3.8, 4) is 0 Å². The second kappa shape index (κ2) is 8.44.